The molecule has 2 aromatic heterocycles. The van der Waals surface area contributed by atoms with E-state index in [0.717, 1.165) is 78.0 Å². The minimum Gasteiger partial charge on any atom is -0.507 e. The molecule has 0 aliphatic rings. The van der Waals surface area contributed by atoms with Crippen LogP contribution in [0.2, 0.25) is 0 Å². The van der Waals surface area contributed by atoms with E-state index >= 15 is 0 Å². The van der Waals surface area contributed by atoms with Gasteiger partial charge in [0, 0.05) is 20.1 Å². The molecule has 0 aliphatic heterocycles. The molecule has 1 N–H and O–H groups in total. The van der Waals surface area contributed by atoms with E-state index in [0.29, 0.717) is 11.4 Å². The van der Waals surface area contributed by atoms with Crippen molar-refractivity contribution in [2.24, 2.45) is 0 Å². The van der Waals surface area contributed by atoms with Crippen molar-refractivity contribution in [3.05, 3.63) is 167 Å². The highest BCUT2D eigenvalue weighted by Crippen LogP contribution is 2.41. The lowest BCUT2D eigenvalue weighted by Crippen LogP contribution is -2.11. The fourth-order valence-electron chi connectivity index (χ4n) is 8.17. The Labute approximate surface area is 365 Å². The first-order valence-electron chi connectivity index (χ1n) is 22.4. The molecule has 4 nitrogen and oxygen atoms in total. The van der Waals surface area contributed by atoms with E-state index in [4.69, 9.17) is 12.7 Å². The molecule has 0 radical (unpaired) electrons. The van der Waals surface area contributed by atoms with E-state index in [2.05, 4.69) is 156 Å². The third-order valence-corrected chi connectivity index (χ3v) is 11.9. The van der Waals surface area contributed by atoms with Crippen molar-refractivity contribution in [3.8, 4) is 67.5 Å². The maximum atomic E-state index is 11.3. The molecule has 4 heteroatoms. The predicted octanol–water partition coefficient (Wildman–Crippen LogP) is 15.6. The highest BCUT2D eigenvalue weighted by molar-refractivity contribution is 5.97. The Balaban J connectivity index is 1.30. The Bertz CT molecular complexity index is 2970. The predicted molar refractivity (Wildman–Crippen MR) is 258 cm³/mol. The van der Waals surface area contributed by atoms with Gasteiger partial charge in [-0.25, -0.2) is 4.98 Å². The first-order valence-corrected chi connectivity index (χ1v) is 21.4. The number of para-hydroxylation sites is 2. The smallest absolute Gasteiger partial charge is 0.149 e. The summed E-state index contributed by atoms with van der Waals surface area (Å²) in [4.78, 5) is 10.3. The van der Waals surface area contributed by atoms with Crippen molar-refractivity contribution in [1.29, 1.82) is 0 Å². The van der Waals surface area contributed by atoms with Crippen LogP contribution in [-0.2, 0) is 10.8 Å². The first kappa shape index (κ1) is 38.9. The van der Waals surface area contributed by atoms with E-state index in [1.54, 1.807) is 6.07 Å². The van der Waals surface area contributed by atoms with Crippen molar-refractivity contribution >= 4 is 11.0 Å². The molecule has 2 heterocycles. The van der Waals surface area contributed by atoms with Gasteiger partial charge in [-0.3, -0.25) is 9.55 Å². The van der Waals surface area contributed by atoms with Crippen molar-refractivity contribution < 1.29 is 7.85 Å². The number of aromatic nitrogens is 3. The van der Waals surface area contributed by atoms with Crippen LogP contribution in [-0.4, -0.2) is 19.6 Å². The Morgan fingerprint density at radius 3 is 1.82 bits per heavy atom. The van der Waals surface area contributed by atoms with Crippen molar-refractivity contribution in [1.82, 2.24) is 14.5 Å². The van der Waals surface area contributed by atoms with Gasteiger partial charge in [-0.15, -0.1) is 0 Å². The topological polar surface area (TPSA) is 50.9 Å². The number of hydrogen-bond acceptors (Lipinski definition) is 3. The molecular weight excluding hydrogens is 743 g/mol. The molecule has 0 aliphatic carbocycles. The summed E-state index contributed by atoms with van der Waals surface area (Å²) < 4.78 is 19.9. The summed E-state index contributed by atoms with van der Waals surface area (Å²) in [5, 5.41) is 11.3. The minimum absolute atomic E-state index is 0.0789. The van der Waals surface area contributed by atoms with Gasteiger partial charge in [-0.2, -0.15) is 0 Å². The zero-order valence-electron chi connectivity index (χ0n) is 39.6. The second kappa shape index (κ2) is 16.0. The van der Waals surface area contributed by atoms with E-state index in [1.165, 1.54) is 11.1 Å². The van der Waals surface area contributed by atoms with Crippen LogP contribution in [0.25, 0.3) is 72.7 Å². The number of nitrogens with zero attached hydrogens (tertiary/aromatic N) is 3. The van der Waals surface area contributed by atoms with Gasteiger partial charge in [0.2, 0.25) is 0 Å². The Hall–Kier alpha value is -6.26. The van der Waals surface area contributed by atoms with Crippen molar-refractivity contribution in [2.45, 2.75) is 98.8 Å². The molecule has 0 fully saturated rings. The Morgan fingerprint density at radius 2 is 1.18 bits per heavy atom. The number of phenolic OH excluding ortho intramolecular Hbond substituents is 1. The monoisotopic (exact) mass is 803 g/mol. The first-order chi connectivity index (χ1) is 29.6. The molecule has 0 unspecified atom stereocenters. The van der Waals surface area contributed by atoms with Crippen molar-refractivity contribution in [2.75, 3.05) is 0 Å². The second-order valence-corrected chi connectivity index (χ2v) is 19.1. The molecule has 0 atom stereocenters. The van der Waals surface area contributed by atoms with Crippen LogP contribution >= 0.6 is 0 Å². The van der Waals surface area contributed by atoms with Crippen LogP contribution < -0.4 is 0 Å². The summed E-state index contributed by atoms with van der Waals surface area (Å²) in [6.45, 7) is 23.1. The standard InChI is InChI=1S/C57H59N3O/c1-35(2)41-28-42(36(3)4)30-43(29-41)39-21-24-51(37(5)27-39)60-52-17-14-16-48(54(52)59-55(60)49-15-12-13-18-53(49)61)44-31-45(33-47(32-44)57(9,10)11)50-34-40(25-26-58-50)38-19-22-46(23-20-38)56(6,7)8/h12-36,61H,1-11H3/i35D,36D. The number of phenols is 1. The lowest BCUT2D eigenvalue weighted by atomic mass is 9.83. The van der Waals surface area contributed by atoms with Gasteiger partial charge in [0.05, 0.1) is 28.0 Å². The highest BCUT2D eigenvalue weighted by Gasteiger charge is 2.23. The number of hydrogen-bond donors (Lipinski definition) is 1. The summed E-state index contributed by atoms with van der Waals surface area (Å²) >= 11 is 0. The molecule has 8 aromatic rings. The van der Waals surface area contributed by atoms with Crippen LogP contribution in [0, 0.1) is 6.92 Å². The van der Waals surface area contributed by atoms with Crippen LogP contribution in [0.1, 0.15) is 112 Å². The summed E-state index contributed by atoms with van der Waals surface area (Å²) in [6, 6.07) is 46.2. The zero-order chi connectivity index (χ0) is 45.2. The largest absolute Gasteiger partial charge is 0.507 e. The molecule has 0 spiro atoms. The number of aromatic hydroxyl groups is 1. The maximum Gasteiger partial charge on any atom is 0.149 e. The maximum absolute atomic E-state index is 11.3. The zero-order valence-corrected chi connectivity index (χ0v) is 37.6. The molecule has 0 amide bonds. The molecule has 6 aromatic carbocycles. The van der Waals surface area contributed by atoms with E-state index < -0.39 is 11.8 Å². The third-order valence-electron chi connectivity index (χ3n) is 11.9. The molecule has 61 heavy (non-hydrogen) atoms. The molecule has 0 saturated heterocycles. The summed E-state index contributed by atoms with van der Waals surface area (Å²) in [6.07, 6.45) is 1.91. The van der Waals surface area contributed by atoms with Crippen LogP contribution in [0.15, 0.2) is 140 Å². The normalized spacial score (nSPS) is 13.0. The fourth-order valence-corrected chi connectivity index (χ4v) is 8.17. The summed E-state index contributed by atoms with van der Waals surface area (Å²) in [5.74, 6) is -0.849. The molecule has 0 saturated carbocycles. The molecular formula is C57H59N3O. The average Bonchev–Trinajstić information content (AvgIpc) is 3.61. The quantitative estimate of drug-likeness (QED) is 0.166. The molecule has 308 valence electrons. The fraction of sp³-hybridized carbons (Fsp3) is 0.263. The number of imidazole rings is 1. The van der Waals surface area contributed by atoms with Crippen LogP contribution in [0.4, 0.5) is 0 Å². The van der Waals surface area contributed by atoms with Gasteiger partial charge in [0.1, 0.15) is 11.6 Å². The number of benzene rings is 6. The van der Waals surface area contributed by atoms with Crippen LogP contribution in [0.5, 0.6) is 5.75 Å². The third kappa shape index (κ3) is 8.29. The Kier molecular flexibility index (Phi) is 10.2. The van der Waals surface area contributed by atoms with Crippen molar-refractivity contribution in [3.63, 3.8) is 0 Å². The van der Waals surface area contributed by atoms with Gasteiger partial charge >= 0.3 is 0 Å². The van der Waals surface area contributed by atoms with E-state index in [-0.39, 0.29) is 16.6 Å². The number of aryl methyl sites for hydroxylation is 1. The SMILES string of the molecule is [2H]C(C)(C)c1cc(-c2ccc(-n3c(-c4ccccc4O)nc4c(-c5cc(-c6cc(-c7ccc(C(C)(C)C)cc7)ccn6)cc(C(C)(C)C)c5)cccc43)c(C)c2)cc(C([2H])(C)C)c1. The van der Waals surface area contributed by atoms with E-state index in [9.17, 15) is 5.11 Å². The van der Waals surface area contributed by atoms with Gasteiger partial charge in [-0.1, -0.05) is 148 Å². The van der Waals surface area contributed by atoms with Crippen LogP contribution in [0.3, 0.4) is 0 Å². The van der Waals surface area contributed by atoms with Gasteiger partial charge in [0.15, 0.2) is 0 Å². The average molecular weight is 804 g/mol. The number of fused-ring (bicyclic) bond motifs is 1. The highest BCUT2D eigenvalue weighted by atomic mass is 16.3. The lowest BCUT2D eigenvalue weighted by Gasteiger charge is -2.22. The van der Waals surface area contributed by atoms with Gasteiger partial charge < -0.3 is 5.11 Å². The lowest BCUT2D eigenvalue weighted by molar-refractivity contribution is 0.477. The van der Waals surface area contributed by atoms with E-state index in [1.807, 2.05) is 58.2 Å². The van der Waals surface area contributed by atoms with Gasteiger partial charge in [0.25, 0.3) is 0 Å². The Morgan fingerprint density at radius 1 is 0.557 bits per heavy atom. The molecule has 0 bridgehead atoms. The second-order valence-electron chi connectivity index (χ2n) is 19.1. The summed E-state index contributed by atoms with van der Waals surface area (Å²) in [5.41, 5.74) is 16.7. The minimum atomic E-state index is -0.822. The summed E-state index contributed by atoms with van der Waals surface area (Å²) in [7, 11) is 0. The number of rotatable bonds is 8. The number of pyridine rings is 1. The van der Waals surface area contributed by atoms with Gasteiger partial charge in [-0.05, 0) is 140 Å². The molecule has 8 rings (SSSR count).